The Kier molecular flexibility index (Phi) is 5.23. The summed E-state index contributed by atoms with van der Waals surface area (Å²) in [5, 5.41) is 9.45. The Labute approximate surface area is 151 Å². The summed E-state index contributed by atoms with van der Waals surface area (Å²) in [6, 6.07) is 7.33. The average molecular weight is 379 g/mol. The number of benzene rings is 1. The summed E-state index contributed by atoms with van der Waals surface area (Å²) in [5.74, 6) is 0.541. The molecule has 1 fully saturated rings. The van der Waals surface area contributed by atoms with Crippen LogP contribution in [0.2, 0.25) is 0 Å². The fourth-order valence-corrected chi connectivity index (χ4v) is 3.86. The number of nitrogens with one attached hydrogen (secondary N) is 2. The molecule has 1 atom stereocenters. The van der Waals surface area contributed by atoms with Gasteiger partial charge in [0.2, 0.25) is 21.9 Å². The molecular weight excluding hydrogens is 358 g/mol. The van der Waals surface area contributed by atoms with Gasteiger partial charge in [-0.1, -0.05) is 12.1 Å². The van der Waals surface area contributed by atoms with Gasteiger partial charge in [0.1, 0.15) is 5.75 Å². The molecule has 1 aliphatic rings. The van der Waals surface area contributed by atoms with Crippen LogP contribution in [0, 0.1) is 5.92 Å². The number of carbonyl (C=O) groups excluding carboxylic acids is 1. The van der Waals surface area contributed by atoms with E-state index in [1.54, 1.807) is 13.2 Å². The normalized spacial score (nSPS) is 18.5. The van der Waals surface area contributed by atoms with Crippen LogP contribution in [0.1, 0.15) is 12.8 Å². The molecule has 2 N–H and O–H groups in total. The minimum absolute atomic E-state index is 0.146. The summed E-state index contributed by atoms with van der Waals surface area (Å²) in [4.78, 5) is 16.7. The molecule has 1 aliphatic heterocycles. The average Bonchev–Trinajstić information content (AvgIpc) is 3.09. The van der Waals surface area contributed by atoms with Gasteiger partial charge in [-0.2, -0.15) is 4.98 Å². The molecule has 140 valence electrons. The smallest absolute Gasteiger partial charge is 0.249 e. The van der Waals surface area contributed by atoms with Crippen molar-refractivity contribution in [1.82, 2.24) is 19.5 Å². The van der Waals surface area contributed by atoms with Crippen molar-refractivity contribution in [2.45, 2.75) is 12.8 Å². The maximum atomic E-state index is 12.5. The third-order valence-corrected chi connectivity index (χ3v) is 5.58. The first kappa shape index (κ1) is 18.3. The van der Waals surface area contributed by atoms with Crippen LogP contribution in [0.4, 0.5) is 5.95 Å². The number of aromatic nitrogens is 3. The van der Waals surface area contributed by atoms with Crippen molar-refractivity contribution in [3.63, 3.8) is 0 Å². The van der Waals surface area contributed by atoms with E-state index in [0.717, 1.165) is 11.8 Å². The van der Waals surface area contributed by atoms with Crippen molar-refractivity contribution in [3.8, 4) is 17.1 Å². The highest BCUT2D eigenvalue weighted by molar-refractivity contribution is 7.88. The monoisotopic (exact) mass is 379 g/mol. The Hall–Kier alpha value is -2.46. The Morgan fingerprint density at radius 3 is 2.88 bits per heavy atom. The van der Waals surface area contributed by atoms with E-state index in [2.05, 4.69) is 20.5 Å². The van der Waals surface area contributed by atoms with E-state index in [0.29, 0.717) is 31.0 Å². The Morgan fingerprint density at radius 1 is 1.38 bits per heavy atom. The number of methoxy groups -OCH3 is 1. The Morgan fingerprint density at radius 2 is 2.15 bits per heavy atom. The lowest BCUT2D eigenvalue weighted by atomic mass is 9.99. The Bertz CT molecular complexity index is 896. The molecule has 2 aromatic rings. The summed E-state index contributed by atoms with van der Waals surface area (Å²) >= 11 is 0. The van der Waals surface area contributed by atoms with Crippen LogP contribution in [0.15, 0.2) is 24.3 Å². The molecule has 9 nitrogen and oxygen atoms in total. The molecule has 0 saturated carbocycles. The molecule has 0 aliphatic carbocycles. The SMILES string of the molecule is COc1ccccc1-c1nc(NC(=O)C2CCCN(S(C)(=O)=O)C2)n[nH]1. The van der Waals surface area contributed by atoms with Crippen molar-refractivity contribution >= 4 is 21.9 Å². The number of amides is 1. The first-order valence-electron chi connectivity index (χ1n) is 8.20. The number of sulfonamides is 1. The van der Waals surface area contributed by atoms with Gasteiger partial charge in [0, 0.05) is 13.1 Å². The fourth-order valence-electron chi connectivity index (χ4n) is 2.95. The van der Waals surface area contributed by atoms with Crippen molar-refractivity contribution in [2.24, 2.45) is 5.92 Å². The number of aromatic amines is 1. The fraction of sp³-hybridized carbons (Fsp3) is 0.438. The second-order valence-electron chi connectivity index (χ2n) is 6.16. The van der Waals surface area contributed by atoms with Crippen molar-refractivity contribution in [3.05, 3.63) is 24.3 Å². The summed E-state index contributed by atoms with van der Waals surface area (Å²) in [5.41, 5.74) is 0.726. The van der Waals surface area contributed by atoms with Gasteiger partial charge in [0.15, 0.2) is 5.82 Å². The molecule has 2 heterocycles. The predicted molar refractivity (Wildman–Crippen MR) is 96.1 cm³/mol. The quantitative estimate of drug-likeness (QED) is 0.803. The van der Waals surface area contributed by atoms with Gasteiger partial charge in [0.25, 0.3) is 0 Å². The molecule has 1 aromatic carbocycles. The number of rotatable bonds is 5. The molecule has 1 aromatic heterocycles. The molecule has 1 amide bonds. The van der Waals surface area contributed by atoms with E-state index in [4.69, 9.17) is 4.74 Å². The maximum absolute atomic E-state index is 12.5. The second-order valence-corrected chi connectivity index (χ2v) is 8.14. The number of H-pyrrole nitrogens is 1. The number of nitrogens with zero attached hydrogens (tertiary/aromatic N) is 3. The van der Waals surface area contributed by atoms with E-state index in [1.165, 1.54) is 4.31 Å². The summed E-state index contributed by atoms with van der Waals surface area (Å²) < 4.78 is 30.0. The molecule has 1 saturated heterocycles. The van der Waals surface area contributed by atoms with E-state index >= 15 is 0 Å². The third-order valence-electron chi connectivity index (χ3n) is 4.31. The summed E-state index contributed by atoms with van der Waals surface area (Å²) in [7, 11) is -1.74. The molecule has 0 radical (unpaired) electrons. The lowest BCUT2D eigenvalue weighted by molar-refractivity contribution is -0.120. The lowest BCUT2D eigenvalue weighted by Gasteiger charge is -2.29. The number of ether oxygens (including phenoxy) is 1. The zero-order chi connectivity index (χ0) is 18.7. The number of hydrogen-bond donors (Lipinski definition) is 2. The van der Waals surface area contributed by atoms with E-state index in [9.17, 15) is 13.2 Å². The molecular formula is C16H21N5O4S. The largest absolute Gasteiger partial charge is 0.496 e. The van der Waals surface area contributed by atoms with Crippen LogP contribution in [-0.4, -0.2) is 60.3 Å². The van der Waals surface area contributed by atoms with Crippen LogP contribution in [-0.2, 0) is 14.8 Å². The van der Waals surface area contributed by atoms with Crippen molar-refractivity contribution < 1.29 is 17.9 Å². The standard InChI is InChI=1S/C16H21N5O4S/c1-25-13-8-4-3-7-12(13)14-17-16(20-19-14)18-15(22)11-6-5-9-21(10-11)26(2,23)24/h3-4,7-8,11H,5-6,9-10H2,1-2H3,(H2,17,18,19,20,22). The van der Waals surface area contributed by atoms with E-state index in [1.807, 2.05) is 18.2 Å². The highest BCUT2D eigenvalue weighted by Gasteiger charge is 2.30. The van der Waals surface area contributed by atoms with Gasteiger partial charge < -0.3 is 4.74 Å². The van der Waals surface area contributed by atoms with Gasteiger partial charge in [-0.25, -0.2) is 12.7 Å². The van der Waals surface area contributed by atoms with Crippen LogP contribution < -0.4 is 10.1 Å². The minimum Gasteiger partial charge on any atom is -0.496 e. The van der Waals surface area contributed by atoms with Crippen LogP contribution in [0.5, 0.6) is 5.75 Å². The number of carbonyl (C=O) groups is 1. The zero-order valence-electron chi connectivity index (χ0n) is 14.6. The minimum atomic E-state index is -3.30. The summed E-state index contributed by atoms with van der Waals surface area (Å²) in [6.45, 7) is 0.621. The molecule has 10 heteroatoms. The van der Waals surface area contributed by atoms with Crippen LogP contribution in [0.3, 0.4) is 0 Å². The maximum Gasteiger partial charge on any atom is 0.249 e. The number of piperidine rings is 1. The van der Waals surface area contributed by atoms with Gasteiger partial charge in [-0.3, -0.25) is 15.2 Å². The van der Waals surface area contributed by atoms with Crippen molar-refractivity contribution in [1.29, 1.82) is 0 Å². The van der Waals surface area contributed by atoms with Gasteiger partial charge in [0.05, 0.1) is 24.8 Å². The predicted octanol–water partition coefficient (Wildman–Crippen LogP) is 1.09. The molecule has 0 bridgehead atoms. The number of hydrogen-bond acceptors (Lipinski definition) is 6. The molecule has 0 spiro atoms. The zero-order valence-corrected chi connectivity index (χ0v) is 15.4. The lowest BCUT2D eigenvalue weighted by Crippen LogP contribution is -2.43. The van der Waals surface area contributed by atoms with Gasteiger partial charge in [-0.05, 0) is 25.0 Å². The van der Waals surface area contributed by atoms with Gasteiger partial charge in [-0.15, -0.1) is 5.10 Å². The van der Waals surface area contributed by atoms with Crippen LogP contribution in [0.25, 0.3) is 11.4 Å². The molecule has 26 heavy (non-hydrogen) atoms. The van der Waals surface area contributed by atoms with E-state index in [-0.39, 0.29) is 18.4 Å². The second kappa shape index (κ2) is 7.42. The number of anilines is 1. The highest BCUT2D eigenvalue weighted by atomic mass is 32.2. The summed E-state index contributed by atoms with van der Waals surface area (Å²) in [6.07, 6.45) is 2.43. The highest BCUT2D eigenvalue weighted by Crippen LogP contribution is 2.27. The first-order chi connectivity index (χ1) is 12.4. The van der Waals surface area contributed by atoms with E-state index < -0.39 is 15.9 Å². The Balaban J connectivity index is 1.70. The molecule has 1 unspecified atom stereocenters. The third kappa shape index (κ3) is 4.02. The first-order valence-corrected chi connectivity index (χ1v) is 10.0. The van der Waals surface area contributed by atoms with Crippen LogP contribution >= 0.6 is 0 Å². The number of para-hydroxylation sites is 1. The molecule has 3 rings (SSSR count). The van der Waals surface area contributed by atoms with Crippen molar-refractivity contribution in [2.75, 3.05) is 31.8 Å². The topological polar surface area (TPSA) is 117 Å². The van der Waals surface area contributed by atoms with Gasteiger partial charge >= 0.3 is 0 Å².